The number of anilines is 1. The number of halogens is 1. The van der Waals surface area contributed by atoms with E-state index in [-0.39, 0.29) is 6.61 Å². The van der Waals surface area contributed by atoms with E-state index in [0.717, 1.165) is 36.0 Å². The average Bonchev–Trinajstić information content (AvgIpc) is 2.99. The van der Waals surface area contributed by atoms with Gasteiger partial charge in [0, 0.05) is 10.3 Å². The Morgan fingerprint density at radius 1 is 1.35 bits per heavy atom. The van der Waals surface area contributed by atoms with Crippen molar-refractivity contribution in [1.82, 2.24) is 0 Å². The SMILES string of the molecule is Cc1cc(C)c(NC(=O)COC(=O)c2csc3c2CCC(C)C3)c(Cl)c1. The number of carbonyl (C=O) groups is 2. The first-order chi connectivity index (χ1) is 12.3. The first kappa shape index (κ1) is 18.9. The maximum Gasteiger partial charge on any atom is 0.339 e. The van der Waals surface area contributed by atoms with Gasteiger partial charge in [0.1, 0.15) is 0 Å². The lowest BCUT2D eigenvalue weighted by atomic mass is 9.88. The van der Waals surface area contributed by atoms with Crippen LogP contribution in [0.15, 0.2) is 17.5 Å². The van der Waals surface area contributed by atoms with Gasteiger partial charge in [0.05, 0.1) is 16.3 Å². The van der Waals surface area contributed by atoms with Crippen molar-refractivity contribution in [3.05, 3.63) is 49.7 Å². The number of amides is 1. The average molecular weight is 392 g/mol. The number of nitrogens with one attached hydrogen (secondary N) is 1. The molecule has 1 heterocycles. The van der Waals surface area contributed by atoms with Crippen LogP contribution in [0.5, 0.6) is 0 Å². The van der Waals surface area contributed by atoms with E-state index in [1.807, 2.05) is 25.3 Å². The quantitative estimate of drug-likeness (QED) is 0.751. The minimum absolute atomic E-state index is 0.330. The zero-order valence-corrected chi connectivity index (χ0v) is 16.7. The van der Waals surface area contributed by atoms with Gasteiger partial charge < -0.3 is 10.1 Å². The monoisotopic (exact) mass is 391 g/mol. The number of benzene rings is 1. The molecular weight excluding hydrogens is 370 g/mol. The maximum absolute atomic E-state index is 12.4. The summed E-state index contributed by atoms with van der Waals surface area (Å²) < 4.78 is 5.23. The third-order valence-electron chi connectivity index (χ3n) is 4.65. The Morgan fingerprint density at radius 2 is 2.12 bits per heavy atom. The van der Waals surface area contributed by atoms with Gasteiger partial charge in [-0.1, -0.05) is 24.6 Å². The Bertz CT molecular complexity index is 836. The molecule has 1 aliphatic carbocycles. The minimum atomic E-state index is -0.432. The van der Waals surface area contributed by atoms with Gasteiger partial charge in [0.15, 0.2) is 6.61 Å². The molecule has 6 heteroatoms. The number of hydrogen-bond donors (Lipinski definition) is 1. The van der Waals surface area contributed by atoms with Crippen LogP contribution in [-0.2, 0) is 22.4 Å². The molecule has 0 saturated heterocycles. The van der Waals surface area contributed by atoms with Gasteiger partial charge in [-0.2, -0.15) is 0 Å². The van der Waals surface area contributed by atoms with Gasteiger partial charge in [-0.05, 0) is 61.8 Å². The molecule has 1 aliphatic rings. The fourth-order valence-electron chi connectivity index (χ4n) is 3.31. The zero-order chi connectivity index (χ0) is 18.8. The Balaban J connectivity index is 1.61. The Morgan fingerprint density at radius 3 is 2.85 bits per heavy atom. The summed E-state index contributed by atoms with van der Waals surface area (Å²) in [4.78, 5) is 25.8. The van der Waals surface area contributed by atoms with Crippen LogP contribution in [0.4, 0.5) is 5.69 Å². The van der Waals surface area contributed by atoms with Crippen LogP contribution in [0, 0.1) is 19.8 Å². The highest BCUT2D eigenvalue weighted by Gasteiger charge is 2.24. The van der Waals surface area contributed by atoms with Crippen LogP contribution in [0.3, 0.4) is 0 Å². The fourth-order valence-corrected chi connectivity index (χ4v) is 4.91. The van der Waals surface area contributed by atoms with Crippen molar-refractivity contribution >= 4 is 40.5 Å². The predicted molar refractivity (Wildman–Crippen MR) is 105 cm³/mol. The van der Waals surface area contributed by atoms with Crippen molar-refractivity contribution < 1.29 is 14.3 Å². The second kappa shape index (κ2) is 7.80. The number of thiophene rings is 1. The largest absolute Gasteiger partial charge is 0.452 e. The Hall–Kier alpha value is -1.85. The number of esters is 1. The van der Waals surface area contributed by atoms with E-state index in [0.29, 0.717) is 22.2 Å². The lowest BCUT2D eigenvalue weighted by Gasteiger charge is -2.18. The molecule has 1 atom stereocenters. The van der Waals surface area contributed by atoms with Gasteiger partial charge in [-0.3, -0.25) is 4.79 Å². The molecule has 0 bridgehead atoms. The van der Waals surface area contributed by atoms with E-state index >= 15 is 0 Å². The van der Waals surface area contributed by atoms with Crippen molar-refractivity contribution in [3.8, 4) is 0 Å². The first-order valence-corrected chi connectivity index (χ1v) is 9.94. The maximum atomic E-state index is 12.4. The summed E-state index contributed by atoms with van der Waals surface area (Å²) in [7, 11) is 0. The topological polar surface area (TPSA) is 55.4 Å². The van der Waals surface area contributed by atoms with Crippen molar-refractivity contribution in [3.63, 3.8) is 0 Å². The third kappa shape index (κ3) is 4.10. The van der Waals surface area contributed by atoms with Crippen LogP contribution >= 0.6 is 22.9 Å². The number of carbonyl (C=O) groups excluding carboxylic acids is 2. The number of fused-ring (bicyclic) bond motifs is 1. The van der Waals surface area contributed by atoms with E-state index in [2.05, 4.69) is 12.2 Å². The number of rotatable bonds is 4. The molecule has 26 heavy (non-hydrogen) atoms. The van der Waals surface area contributed by atoms with Crippen LogP contribution in [0.1, 0.15) is 45.3 Å². The van der Waals surface area contributed by atoms with Crippen molar-refractivity contribution in [2.75, 3.05) is 11.9 Å². The van der Waals surface area contributed by atoms with Crippen LogP contribution < -0.4 is 5.32 Å². The Labute approximate surface area is 162 Å². The normalized spacial score (nSPS) is 16.1. The first-order valence-electron chi connectivity index (χ1n) is 8.68. The fraction of sp³-hybridized carbons (Fsp3) is 0.400. The molecule has 3 rings (SSSR count). The molecule has 0 spiro atoms. The van der Waals surface area contributed by atoms with Gasteiger partial charge in [-0.15, -0.1) is 11.3 Å². The number of ether oxygens (including phenoxy) is 1. The molecule has 1 unspecified atom stereocenters. The van der Waals surface area contributed by atoms with Gasteiger partial charge >= 0.3 is 5.97 Å². The summed E-state index contributed by atoms with van der Waals surface area (Å²) in [6.45, 7) is 5.71. The molecule has 0 radical (unpaired) electrons. The molecule has 0 aliphatic heterocycles. The highest BCUT2D eigenvalue weighted by Crippen LogP contribution is 2.33. The van der Waals surface area contributed by atoms with Crippen LogP contribution in [0.25, 0.3) is 0 Å². The summed E-state index contributed by atoms with van der Waals surface area (Å²) in [5.74, 6) is -0.179. The summed E-state index contributed by atoms with van der Waals surface area (Å²) in [6, 6.07) is 3.72. The molecule has 4 nitrogen and oxygen atoms in total. The smallest absolute Gasteiger partial charge is 0.339 e. The van der Waals surface area contributed by atoms with Crippen molar-refractivity contribution in [2.24, 2.45) is 5.92 Å². The van der Waals surface area contributed by atoms with E-state index in [1.165, 1.54) is 4.88 Å². The minimum Gasteiger partial charge on any atom is -0.452 e. The van der Waals surface area contributed by atoms with E-state index < -0.39 is 11.9 Å². The van der Waals surface area contributed by atoms with Crippen LogP contribution in [-0.4, -0.2) is 18.5 Å². The highest BCUT2D eigenvalue weighted by atomic mass is 35.5. The van der Waals surface area contributed by atoms with Crippen molar-refractivity contribution in [1.29, 1.82) is 0 Å². The molecule has 0 fully saturated rings. The second-order valence-corrected chi connectivity index (χ2v) is 8.33. The van der Waals surface area contributed by atoms with E-state index in [4.69, 9.17) is 16.3 Å². The number of aryl methyl sites for hydroxylation is 2. The Kier molecular flexibility index (Phi) is 5.68. The summed E-state index contributed by atoms with van der Waals surface area (Å²) in [5, 5.41) is 5.06. The molecule has 1 aromatic carbocycles. The van der Waals surface area contributed by atoms with Gasteiger partial charge in [-0.25, -0.2) is 4.79 Å². The predicted octanol–water partition coefficient (Wildman–Crippen LogP) is 4.94. The van der Waals surface area contributed by atoms with E-state index in [1.54, 1.807) is 17.4 Å². The van der Waals surface area contributed by atoms with Gasteiger partial charge in [0.25, 0.3) is 5.91 Å². The molecule has 1 N–H and O–H groups in total. The second-order valence-electron chi connectivity index (χ2n) is 6.96. The third-order valence-corrected chi connectivity index (χ3v) is 6.00. The molecular formula is C20H22ClNO3S. The van der Waals surface area contributed by atoms with Crippen LogP contribution in [0.2, 0.25) is 5.02 Å². The molecule has 1 aromatic heterocycles. The van der Waals surface area contributed by atoms with E-state index in [9.17, 15) is 9.59 Å². The lowest BCUT2D eigenvalue weighted by molar-refractivity contribution is -0.119. The molecule has 2 aromatic rings. The lowest BCUT2D eigenvalue weighted by Crippen LogP contribution is -2.22. The zero-order valence-electron chi connectivity index (χ0n) is 15.1. The molecule has 0 saturated carbocycles. The summed E-state index contributed by atoms with van der Waals surface area (Å²) in [6.07, 6.45) is 2.99. The standard InChI is InChI=1S/C20H22ClNO3S/c1-11-4-5-14-15(10-26-17(14)8-11)20(24)25-9-18(23)22-19-13(3)6-12(2)7-16(19)21/h6-7,10-11H,4-5,8-9H2,1-3H3,(H,22,23). The summed E-state index contributed by atoms with van der Waals surface area (Å²) >= 11 is 7.80. The molecule has 1 amide bonds. The molecule has 138 valence electrons. The van der Waals surface area contributed by atoms with Crippen molar-refractivity contribution in [2.45, 2.75) is 40.0 Å². The van der Waals surface area contributed by atoms with Gasteiger partial charge in [0.2, 0.25) is 0 Å². The number of hydrogen-bond acceptors (Lipinski definition) is 4. The summed E-state index contributed by atoms with van der Waals surface area (Å²) in [5.41, 5.74) is 4.15. The highest BCUT2D eigenvalue weighted by molar-refractivity contribution is 7.10.